The lowest BCUT2D eigenvalue weighted by Gasteiger charge is -2.32. The van der Waals surface area contributed by atoms with Crippen LogP contribution in [0, 0.1) is 5.92 Å². The maximum absolute atomic E-state index is 13.2. The maximum Gasteiger partial charge on any atom is 0.243 e. The van der Waals surface area contributed by atoms with Crippen molar-refractivity contribution in [1.29, 1.82) is 0 Å². The molecule has 0 spiro atoms. The van der Waals surface area contributed by atoms with Crippen molar-refractivity contribution in [3.8, 4) is 0 Å². The van der Waals surface area contributed by atoms with E-state index in [2.05, 4.69) is 27.7 Å². The van der Waals surface area contributed by atoms with Crippen LogP contribution in [0.2, 0.25) is 0 Å². The Balaban J connectivity index is 1.19. The molecule has 2 aliphatic rings. The van der Waals surface area contributed by atoms with Crippen LogP contribution >= 0.6 is 11.3 Å². The van der Waals surface area contributed by atoms with E-state index in [-0.39, 0.29) is 17.9 Å². The number of benzene rings is 2. The molecule has 1 N–H and O–H groups in total. The van der Waals surface area contributed by atoms with Gasteiger partial charge < -0.3 is 5.32 Å². The van der Waals surface area contributed by atoms with E-state index in [9.17, 15) is 13.2 Å². The van der Waals surface area contributed by atoms with E-state index >= 15 is 0 Å². The number of rotatable bonds is 7. The van der Waals surface area contributed by atoms with Crippen molar-refractivity contribution in [3.63, 3.8) is 0 Å². The summed E-state index contributed by atoms with van der Waals surface area (Å²) in [7, 11) is -3.57. The average Bonchev–Trinajstić information content (AvgIpc) is 3.59. The van der Waals surface area contributed by atoms with E-state index in [1.807, 2.05) is 30.3 Å². The van der Waals surface area contributed by atoms with Gasteiger partial charge in [0, 0.05) is 30.4 Å². The summed E-state index contributed by atoms with van der Waals surface area (Å²) in [6.07, 6.45) is 3.51. The Kier molecular flexibility index (Phi) is 7.01. The highest BCUT2D eigenvalue weighted by Gasteiger charge is 2.33. The maximum atomic E-state index is 13.2. The predicted octanol–water partition coefficient (Wildman–Crippen LogP) is 4.26. The number of thiophene rings is 1. The van der Waals surface area contributed by atoms with Gasteiger partial charge in [-0.15, -0.1) is 11.3 Å². The second-order valence-corrected chi connectivity index (χ2v) is 12.1. The SMILES string of the molecule is O=C(NCC(c1cccs1)N1CCCC1)C1CCN(S(=O)(=O)c2ccc3ccccc3c2)CC1. The second-order valence-electron chi connectivity index (χ2n) is 9.21. The monoisotopic (exact) mass is 497 g/mol. The third kappa shape index (κ3) is 4.91. The predicted molar refractivity (Wildman–Crippen MR) is 136 cm³/mol. The van der Waals surface area contributed by atoms with Gasteiger partial charge in [0.1, 0.15) is 0 Å². The molecule has 2 fully saturated rings. The third-order valence-electron chi connectivity index (χ3n) is 7.11. The Labute approximate surface area is 205 Å². The fraction of sp³-hybridized carbons (Fsp3) is 0.423. The molecule has 1 aromatic heterocycles. The standard InChI is InChI=1S/C26H31N3O3S2/c30-26(27-19-24(25-8-5-17-33-25)28-13-3-4-14-28)21-11-15-29(16-12-21)34(31,32)23-10-9-20-6-1-2-7-22(20)18-23/h1-2,5-10,17-18,21,24H,3-4,11-16,19H2,(H,27,30). The van der Waals surface area contributed by atoms with Crippen LogP contribution in [0.5, 0.6) is 0 Å². The number of sulfonamides is 1. The summed E-state index contributed by atoms with van der Waals surface area (Å²) < 4.78 is 28.0. The number of carbonyl (C=O) groups excluding carboxylic acids is 1. The number of carbonyl (C=O) groups is 1. The molecule has 2 saturated heterocycles. The normalized spacial score (nSPS) is 19.4. The van der Waals surface area contributed by atoms with Crippen molar-refractivity contribution in [2.24, 2.45) is 5.92 Å². The molecule has 2 aliphatic heterocycles. The summed E-state index contributed by atoms with van der Waals surface area (Å²) in [5, 5.41) is 7.20. The molecular weight excluding hydrogens is 466 g/mol. The van der Waals surface area contributed by atoms with Gasteiger partial charge in [-0.25, -0.2) is 8.42 Å². The van der Waals surface area contributed by atoms with Gasteiger partial charge in [0.05, 0.1) is 10.9 Å². The van der Waals surface area contributed by atoms with E-state index in [1.165, 1.54) is 22.0 Å². The largest absolute Gasteiger partial charge is 0.354 e. The molecule has 0 saturated carbocycles. The van der Waals surface area contributed by atoms with Crippen molar-refractivity contribution >= 4 is 38.0 Å². The van der Waals surface area contributed by atoms with Gasteiger partial charge in [-0.2, -0.15) is 4.31 Å². The van der Waals surface area contributed by atoms with Gasteiger partial charge in [0.15, 0.2) is 0 Å². The molecule has 0 aliphatic carbocycles. The van der Waals surface area contributed by atoms with Crippen molar-refractivity contribution < 1.29 is 13.2 Å². The zero-order valence-electron chi connectivity index (χ0n) is 19.2. The first kappa shape index (κ1) is 23.5. The molecule has 2 aromatic carbocycles. The van der Waals surface area contributed by atoms with Crippen LogP contribution < -0.4 is 5.32 Å². The Morgan fingerprint density at radius 2 is 1.71 bits per heavy atom. The highest BCUT2D eigenvalue weighted by atomic mass is 32.2. The highest BCUT2D eigenvalue weighted by molar-refractivity contribution is 7.89. The van der Waals surface area contributed by atoms with Crippen LogP contribution in [-0.4, -0.2) is 56.3 Å². The summed E-state index contributed by atoms with van der Waals surface area (Å²) in [6, 6.07) is 17.5. The fourth-order valence-electron chi connectivity index (χ4n) is 5.12. The molecule has 3 heterocycles. The Morgan fingerprint density at radius 3 is 2.41 bits per heavy atom. The number of hydrogen-bond acceptors (Lipinski definition) is 5. The number of piperidine rings is 1. The molecule has 180 valence electrons. The number of hydrogen-bond donors (Lipinski definition) is 1. The van der Waals surface area contributed by atoms with Gasteiger partial charge in [-0.1, -0.05) is 36.4 Å². The summed E-state index contributed by atoms with van der Waals surface area (Å²) in [6.45, 7) is 3.49. The average molecular weight is 498 g/mol. The number of likely N-dealkylation sites (tertiary alicyclic amines) is 1. The lowest BCUT2D eigenvalue weighted by atomic mass is 9.97. The number of fused-ring (bicyclic) bond motifs is 1. The zero-order chi connectivity index (χ0) is 23.5. The van der Waals surface area contributed by atoms with Crippen LogP contribution in [0.15, 0.2) is 64.9 Å². The minimum Gasteiger partial charge on any atom is -0.354 e. The number of nitrogens with zero attached hydrogens (tertiary/aromatic N) is 2. The molecule has 6 nitrogen and oxygen atoms in total. The van der Waals surface area contributed by atoms with Crippen LogP contribution in [0.4, 0.5) is 0 Å². The smallest absolute Gasteiger partial charge is 0.243 e. The quantitative estimate of drug-likeness (QED) is 0.530. The molecule has 5 rings (SSSR count). The first-order chi connectivity index (χ1) is 16.5. The summed E-state index contributed by atoms with van der Waals surface area (Å²) in [5.74, 6) is -0.103. The van der Waals surface area contributed by atoms with Crippen LogP contribution in [-0.2, 0) is 14.8 Å². The molecule has 1 amide bonds. The molecule has 3 aromatic rings. The van der Waals surface area contributed by atoms with Gasteiger partial charge >= 0.3 is 0 Å². The lowest BCUT2D eigenvalue weighted by molar-refractivity contribution is -0.126. The van der Waals surface area contributed by atoms with Gasteiger partial charge in [-0.3, -0.25) is 9.69 Å². The van der Waals surface area contributed by atoms with E-state index in [0.717, 1.165) is 23.9 Å². The van der Waals surface area contributed by atoms with Crippen LogP contribution in [0.3, 0.4) is 0 Å². The molecule has 34 heavy (non-hydrogen) atoms. The van der Waals surface area contributed by atoms with Gasteiger partial charge in [0.25, 0.3) is 0 Å². The first-order valence-corrected chi connectivity index (χ1v) is 14.4. The van der Waals surface area contributed by atoms with Crippen molar-refractivity contribution in [2.45, 2.75) is 36.6 Å². The molecule has 0 radical (unpaired) electrons. The van der Waals surface area contributed by atoms with Crippen molar-refractivity contribution in [1.82, 2.24) is 14.5 Å². The Hall–Kier alpha value is -2.26. The van der Waals surface area contributed by atoms with Crippen molar-refractivity contribution in [2.75, 3.05) is 32.7 Å². The topological polar surface area (TPSA) is 69.7 Å². The third-order valence-corrected chi connectivity index (χ3v) is 9.97. The summed E-state index contributed by atoms with van der Waals surface area (Å²) in [4.78, 5) is 17.0. The van der Waals surface area contributed by atoms with E-state index in [4.69, 9.17) is 0 Å². The Morgan fingerprint density at radius 1 is 0.971 bits per heavy atom. The van der Waals surface area contributed by atoms with E-state index < -0.39 is 10.0 Å². The minimum atomic E-state index is -3.57. The summed E-state index contributed by atoms with van der Waals surface area (Å²) >= 11 is 1.74. The van der Waals surface area contributed by atoms with Gasteiger partial charge in [-0.05, 0) is 73.1 Å². The van der Waals surface area contributed by atoms with Crippen LogP contribution in [0.1, 0.15) is 36.6 Å². The molecule has 1 atom stereocenters. The molecule has 8 heteroatoms. The van der Waals surface area contributed by atoms with Crippen LogP contribution in [0.25, 0.3) is 10.8 Å². The lowest BCUT2D eigenvalue weighted by Crippen LogP contribution is -2.44. The molecule has 0 bridgehead atoms. The molecular formula is C26H31N3O3S2. The highest BCUT2D eigenvalue weighted by Crippen LogP contribution is 2.29. The minimum absolute atomic E-state index is 0.0449. The first-order valence-electron chi connectivity index (χ1n) is 12.1. The number of nitrogens with one attached hydrogen (secondary N) is 1. The van der Waals surface area contributed by atoms with E-state index in [0.29, 0.717) is 37.4 Å². The molecule has 1 unspecified atom stereocenters. The zero-order valence-corrected chi connectivity index (χ0v) is 20.9. The number of amides is 1. The van der Waals surface area contributed by atoms with Crippen molar-refractivity contribution in [3.05, 3.63) is 64.9 Å². The Bertz CT molecular complexity index is 1230. The van der Waals surface area contributed by atoms with E-state index in [1.54, 1.807) is 23.5 Å². The second kappa shape index (κ2) is 10.2. The van der Waals surface area contributed by atoms with Gasteiger partial charge in [0.2, 0.25) is 15.9 Å². The fourth-order valence-corrected chi connectivity index (χ4v) is 7.49. The summed E-state index contributed by atoms with van der Waals surface area (Å²) in [5.41, 5.74) is 0.